The number of pyridine rings is 1. The Morgan fingerprint density at radius 3 is 2.60 bits per heavy atom. The average Bonchev–Trinajstić information content (AvgIpc) is 3.56. The van der Waals surface area contributed by atoms with Gasteiger partial charge in [0.15, 0.2) is 5.65 Å². The number of carbonyl (C=O) groups excluding carboxylic acids is 1. The van der Waals surface area contributed by atoms with E-state index in [0.29, 0.717) is 30.2 Å². The van der Waals surface area contributed by atoms with Gasteiger partial charge in [0.1, 0.15) is 6.33 Å². The molecular formula is C28H34N6O. The van der Waals surface area contributed by atoms with Crippen molar-refractivity contribution in [2.45, 2.75) is 52.4 Å². The van der Waals surface area contributed by atoms with E-state index in [2.05, 4.69) is 72.1 Å². The maximum absolute atomic E-state index is 11.3. The predicted molar refractivity (Wildman–Crippen MR) is 138 cm³/mol. The number of likely N-dealkylation sites (tertiary alicyclic amines) is 1. The minimum absolute atomic E-state index is 0.218. The summed E-state index contributed by atoms with van der Waals surface area (Å²) in [6.45, 7) is 11.3. The Morgan fingerprint density at radius 1 is 1.17 bits per heavy atom. The van der Waals surface area contributed by atoms with E-state index in [1.165, 1.54) is 51.7 Å². The molecule has 35 heavy (non-hydrogen) atoms. The number of hydrogen-bond acceptors (Lipinski definition) is 4. The van der Waals surface area contributed by atoms with Gasteiger partial charge in [-0.2, -0.15) is 5.10 Å². The number of nitrogens with one attached hydrogen (secondary N) is 1. The highest BCUT2D eigenvalue weighted by Crippen LogP contribution is 2.47. The molecule has 6 rings (SSSR count). The highest BCUT2D eigenvalue weighted by atomic mass is 16.1. The van der Waals surface area contributed by atoms with Crippen molar-refractivity contribution in [3.05, 3.63) is 53.0 Å². The highest BCUT2D eigenvalue weighted by Gasteiger charge is 2.41. The van der Waals surface area contributed by atoms with Gasteiger partial charge in [0.25, 0.3) is 0 Å². The standard InChI is InChI=1S/C28H34N6O/c1-15(2)26-22-9-18(19-7-20-10-33(13-25(29)35)11-21(20)8-19)5-6-24(22)32-27(26)23-12-34-28(30-14-31-34)17(4)16(23)3/h5-6,9,12,14-15,19-21,32H,7-8,10-11,13H2,1-4H3,(H2,29,35). The Labute approximate surface area is 205 Å². The van der Waals surface area contributed by atoms with E-state index in [0.717, 1.165) is 24.3 Å². The maximum Gasteiger partial charge on any atom is 0.231 e. The van der Waals surface area contributed by atoms with Crippen LogP contribution < -0.4 is 5.73 Å². The Morgan fingerprint density at radius 2 is 1.91 bits per heavy atom. The summed E-state index contributed by atoms with van der Waals surface area (Å²) < 4.78 is 1.89. The summed E-state index contributed by atoms with van der Waals surface area (Å²) in [5, 5.41) is 5.74. The molecule has 2 fully saturated rings. The van der Waals surface area contributed by atoms with Crippen molar-refractivity contribution in [1.82, 2.24) is 24.5 Å². The van der Waals surface area contributed by atoms with Crippen molar-refractivity contribution in [3.63, 3.8) is 0 Å². The summed E-state index contributed by atoms with van der Waals surface area (Å²) in [5.41, 5.74) is 15.1. The van der Waals surface area contributed by atoms with E-state index in [1.807, 2.05) is 4.52 Å². The van der Waals surface area contributed by atoms with E-state index in [9.17, 15) is 4.79 Å². The molecule has 0 bridgehead atoms. The van der Waals surface area contributed by atoms with Crippen LogP contribution in [0.5, 0.6) is 0 Å². The van der Waals surface area contributed by atoms with Gasteiger partial charge >= 0.3 is 0 Å². The van der Waals surface area contributed by atoms with Crippen LogP contribution in [0.15, 0.2) is 30.7 Å². The number of primary amides is 1. The number of hydrogen-bond donors (Lipinski definition) is 2. The number of fused-ring (bicyclic) bond motifs is 3. The molecule has 3 N–H and O–H groups in total. The van der Waals surface area contributed by atoms with Gasteiger partial charge in [0.2, 0.25) is 5.91 Å². The molecule has 0 radical (unpaired) electrons. The van der Waals surface area contributed by atoms with Crippen LogP contribution in [-0.2, 0) is 4.79 Å². The largest absolute Gasteiger partial charge is 0.369 e. The van der Waals surface area contributed by atoms with Gasteiger partial charge in [-0.1, -0.05) is 19.9 Å². The second-order valence-electron chi connectivity index (χ2n) is 11.0. The molecule has 182 valence electrons. The minimum atomic E-state index is -0.218. The van der Waals surface area contributed by atoms with Crippen LogP contribution in [0.25, 0.3) is 27.8 Å². The molecule has 1 saturated heterocycles. The Bertz CT molecular complexity index is 1430. The van der Waals surface area contributed by atoms with Crippen molar-refractivity contribution in [1.29, 1.82) is 0 Å². The second kappa shape index (κ2) is 8.19. The van der Waals surface area contributed by atoms with E-state index >= 15 is 0 Å². The van der Waals surface area contributed by atoms with Crippen molar-refractivity contribution < 1.29 is 4.79 Å². The summed E-state index contributed by atoms with van der Waals surface area (Å²) in [5.74, 6) is 2.08. The molecule has 1 aliphatic carbocycles. The first-order valence-electron chi connectivity index (χ1n) is 12.8. The van der Waals surface area contributed by atoms with E-state index in [4.69, 9.17) is 5.73 Å². The summed E-state index contributed by atoms with van der Waals surface area (Å²) >= 11 is 0. The van der Waals surface area contributed by atoms with Gasteiger partial charge in [-0.15, -0.1) is 0 Å². The molecule has 2 unspecified atom stereocenters. The Kier molecular flexibility index (Phi) is 5.22. The third-order valence-corrected chi connectivity index (χ3v) is 8.51. The number of rotatable bonds is 5. The van der Waals surface area contributed by atoms with Crippen LogP contribution in [0.1, 0.15) is 60.8 Å². The lowest BCUT2D eigenvalue weighted by Gasteiger charge is -2.18. The van der Waals surface area contributed by atoms with Crippen molar-refractivity contribution in [2.75, 3.05) is 19.6 Å². The molecule has 4 aromatic rings. The molecule has 1 saturated carbocycles. The van der Waals surface area contributed by atoms with Crippen molar-refractivity contribution in [3.8, 4) is 11.3 Å². The van der Waals surface area contributed by atoms with Crippen LogP contribution in [0.4, 0.5) is 0 Å². The zero-order valence-electron chi connectivity index (χ0n) is 21.0. The molecule has 7 heteroatoms. The summed E-state index contributed by atoms with van der Waals surface area (Å²) in [4.78, 5) is 21.8. The number of nitrogens with two attached hydrogens (primary N) is 1. The number of aryl methyl sites for hydroxylation is 1. The molecule has 3 aromatic heterocycles. The lowest BCUT2D eigenvalue weighted by Crippen LogP contribution is -2.32. The third-order valence-electron chi connectivity index (χ3n) is 8.51. The first-order chi connectivity index (χ1) is 16.8. The molecule has 4 heterocycles. The number of carbonyl (C=O) groups is 1. The summed E-state index contributed by atoms with van der Waals surface area (Å²) in [6.07, 6.45) is 6.12. The van der Waals surface area contributed by atoms with E-state index < -0.39 is 0 Å². The van der Waals surface area contributed by atoms with Gasteiger partial charge in [-0.25, -0.2) is 9.50 Å². The lowest BCUT2D eigenvalue weighted by atomic mass is 9.90. The third kappa shape index (κ3) is 3.64. The smallest absolute Gasteiger partial charge is 0.231 e. The number of benzene rings is 1. The molecule has 2 aliphatic rings. The second-order valence-corrected chi connectivity index (χ2v) is 11.0. The first kappa shape index (κ1) is 22.3. The lowest BCUT2D eigenvalue weighted by molar-refractivity contribution is -0.119. The minimum Gasteiger partial charge on any atom is -0.369 e. The van der Waals surface area contributed by atoms with Crippen molar-refractivity contribution in [2.24, 2.45) is 17.6 Å². The summed E-state index contributed by atoms with van der Waals surface area (Å²) in [6, 6.07) is 7.02. The zero-order valence-corrected chi connectivity index (χ0v) is 21.0. The van der Waals surface area contributed by atoms with Gasteiger partial charge < -0.3 is 10.7 Å². The van der Waals surface area contributed by atoms with Crippen molar-refractivity contribution >= 4 is 22.5 Å². The quantitative estimate of drug-likeness (QED) is 0.448. The summed E-state index contributed by atoms with van der Waals surface area (Å²) in [7, 11) is 0. The number of aromatic nitrogens is 4. The van der Waals surface area contributed by atoms with Crippen LogP contribution in [0.2, 0.25) is 0 Å². The van der Waals surface area contributed by atoms with Crippen LogP contribution in [0, 0.1) is 25.7 Å². The zero-order chi connectivity index (χ0) is 24.4. The van der Waals surface area contributed by atoms with Gasteiger partial charge in [0.05, 0.1) is 12.2 Å². The number of nitrogens with zero attached hydrogens (tertiary/aromatic N) is 4. The van der Waals surface area contributed by atoms with E-state index in [1.54, 1.807) is 6.33 Å². The molecule has 7 nitrogen and oxygen atoms in total. The van der Waals surface area contributed by atoms with Gasteiger partial charge in [-0.05, 0) is 84.7 Å². The SMILES string of the molecule is Cc1c(-c2[nH]c3ccc(C4CC5CN(CC(N)=O)CC5C4)cc3c2C(C)C)cn2ncnc2c1C. The highest BCUT2D eigenvalue weighted by molar-refractivity contribution is 5.92. The monoisotopic (exact) mass is 470 g/mol. The molecule has 2 atom stereocenters. The molecule has 1 aliphatic heterocycles. The topological polar surface area (TPSA) is 92.3 Å². The molecule has 1 amide bonds. The molecule has 0 spiro atoms. The van der Waals surface area contributed by atoms with Gasteiger partial charge in [-0.3, -0.25) is 9.69 Å². The Balaban J connectivity index is 1.37. The number of H-pyrrole nitrogens is 1. The fraction of sp³-hybridized carbons (Fsp3) is 0.464. The fourth-order valence-electron chi connectivity index (χ4n) is 6.77. The van der Waals surface area contributed by atoms with Gasteiger partial charge in [0, 0.05) is 35.8 Å². The molecular weight excluding hydrogens is 436 g/mol. The van der Waals surface area contributed by atoms with Crippen LogP contribution >= 0.6 is 0 Å². The Hall–Kier alpha value is -3.19. The fourth-order valence-corrected chi connectivity index (χ4v) is 6.77. The number of amides is 1. The maximum atomic E-state index is 11.3. The first-order valence-corrected chi connectivity index (χ1v) is 12.8. The average molecular weight is 471 g/mol. The normalized spacial score (nSPS) is 22.6. The van der Waals surface area contributed by atoms with E-state index in [-0.39, 0.29) is 5.91 Å². The predicted octanol–water partition coefficient (Wildman–Crippen LogP) is 4.53. The molecule has 1 aromatic carbocycles. The van der Waals surface area contributed by atoms with Crippen LogP contribution in [-0.4, -0.2) is 50.0 Å². The number of aromatic amines is 1. The van der Waals surface area contributed by atoms with Crippen LogP contribution in [0.3, 0.4) is 0 Å².